The van der Waals surface area contributed by atoms with E-state index in [0.29, 0.717) is 11.4 Å². The van der Waals surface area contributed by atoms with Gasteiger partial charge in [0.1, 0.15) is 5.92 Å². The molecule has 0 aromatic heterocycles. The maximum absolute atomic E-state index is 8.89. The van der Waals surface area contributed by atoms with Crippen LogP contribution in [0.4, 0.5) is 0 Å². The zero-order valence-corrected chi connectivity index (χ0v) is 8.17. The van der Waals surface area contributed by atoms with E-state index in [2.05, 4.69) is 4.79 Å². The largest absolute Gasteiger partial charge is 0.401 e. The molecular weight excluding hydrogens is 186 g/mol. The van der Waals surface area contributed by atoms with Gasteiger partial charge in [0.05, 0.1) is 0 Å². The van der Waals surface area contributed by atoms with Gasteiger partial charge in [-0.1, -0.05) is 36.4 Å². The van der Waals surface area contributed by atoms with Gasteiger partial charge in [0, 0.05) is 11.8 Å². The van der Waals surface area contributed by atoms with Crippen molar-refractivity contribution in [1.82, 2.24) is 0 Å². The molecular formula is C12H11N3. The van der Waals surface area contributed by atoms with Gasteiger partial charge in [-0.2, -0.15) is 4.79 Å². The minimum absolute atomic E-state index is 0.138. The second kappa shape index (κ2) is 3.95. The highest BCUT2D eigenvalue weighted by Crippen LogP contribution is 2.25. The Labute approximate surface area is 88.2 Å². The van der Waals surface area contributed by atoms with E-state index in [9.17, 15) is 0 Å². The molecule has 1 aromatic carbocycles. The third kappa shape index (κ3) is 1.73. The van der Waals surface area contributed by atoms with E-state index in [0.717, 1.165) is 5.56 Å². The predicted molar refractivity (Wildman–Crippen MR) is 59.2 cm³/mol. The molecule has 3 heteroatoms. The van der Waals surface area contributed by atoms with E-state index in [1.54, 1.807) is 12.2 Å². The number of benzene rings is 1. The average molecular weight is 197 g/mol. The first kappa shape index (κ1) is 9.44. The third-order valence-corrected chi connectivity index (χ3v) is 2.43. The summed E-state index contributed by atoms with van der Waals surface area (Å²) in [6.45, 7) is 0. The normalized spacial score (nSPS) is 19.6. The van der Waals surface area contributed by atoms with Gasteiger partial charge in [-0.15, -0.1) is 0 Å². The molecule has 0 saturated heterocycles. The standard InChI is InChI=1S/C12H11N3/c13-10-7-4-8-11(15-14)12(10)9-5-2-1-3-6-9/h1-8,12H,13H2. The van der Waals surface area contributed by atoms with Crippen molar-refractivity contribution >= 4 is 5.71 Å². The summed E-state index contributed by atoms with van der Waals surface area (Å²) in [5, 5.41) is 0. The SMILES string of the molecule is [N-]=[N+]=C1C=CC=C(N)C1c1ccccc1. The molecule has 0 bridgehead atoms. The topological polar surface area (TPSA) is 62.4 Å². The monoisotopic (exact) mass is 197 g/mol. The zero-order valence-electron chi connectivity index (χ0n) is 8.17. The molecule has 1 unspecified atom stereocenters. The third-order valence-electron chi connectivity index (χ3n) is 2.43. The van der Waals surface area contributed by atoms with Crippen molar-refractivity contribution in [2.75, 3.05) is 0 Å². The molecule has 0 spiro atoms. The highest BCUT2D eigenvalue weighted by atomic mass is 14.9. The smallest absolute Gasteiger partial charge is 0.305 e. The van der Waals surface area contributed by atoms with Crippen molar-refractivity contribution in [1.29, 1.82) is 0 Å². The number of nitrogens with two attached hydrogens (primary N) is 1. The van der Waals surface area contributed by atoms with Crippen LogP contribution in [0.25, 0.3) is 5.53 Å². The molecule has 0 radical (unpaired) electrons. The lowest BCUT2D eigenvalue weighted by atomic mass is 9.88. The Morgan fingerprint density at radius 2 is 1.93 bits per heavy atom. The van der Waals surface area contributed by atoms with Crippen LogP contribution >= 0.6 is 0 Å². The van der Waals surface area contributed by atoms with E-state index in [1.807, 2.05) is 36.4 Å². The summed E-state index contributed by atoms with van der Waals surface area (Å²) in [6.07, 6.45) is 5.37. The molecule has 3 nitrogen and oxygen atoms in total. The van der Waals surface area contributed by atoms with E-state index >= 15 is 0 Å². The number of allylic oxidation sites excluding steroid dienone is 4. The lowest BCUT2D eigenvalue weighted by Gasteiger charge is -2.14. The molecule has 1 aliphatic rings. The Kier molecular flexibility index (Phi) is 2.48. The molecule has 0 amide bonds. The maximum atomic E-state index is 8.89. The van der Waals surface area contributed by atoms with Crippen LogP contribution < -0.4 is 5.73 Å². The fourth-order valence-corrected chi connectivity index (χ4v) is 1.72. The minimum Gasteiger partial charge on any atom is -0.401 e. The van der Waals surface area contributed by atoms with Gasteiger partial charge in [-0.25, -0.2) is 0 Å². The maximum Gasteiger partial charge on any atom is 0.305 e. The number of hydrogen-bond donors (Lipinski definition) is 1. The molecule has 1 atom stereocenters. The highest BCUT2D eigenvalue weighted by molar-refractivity contribution is 5.99. The molecule has 0 saturated carbocycles. The first-order valence-electron chi connectivity index (χ1n) is 4.73. The molecule has 0 fully saturated rings. The zero-order chi connectivity index (χ0) is 10.7. The highest BCUT2D eigenvalue weighted by Gasteiger charge is 2.27. The first-order chi connectivity index (χ1) is 7.33. The first-order valence-corrected chi connectivity index (χ1v) is 4.73. The summed E-state index contributed by atoms with van der Waals surface area (Å²) in [6, 6.07) is 9.76. The Morgan fingerprint density at radius 1 is 1.20 bits per heavy atom. The van der Waals surface area contributed by atoms with Gasteiger partial charge in [-0.3, -0.25) is 0 Å². The Bertz CT molecular complexity index is 465. The van der Waals surface area contributed by atoms with E-state index in [-0.39, 0.29) is 5.92 Å². The van der Waals surface area contributed by atoms with Crippen LogP contribution in [0.1, 0.15) is 11.5 Å². The molecule has 1 aliphatic carbocycles. The Balaban J connectivity index is 2.48. The minimum atomic E-state index is -0.138. The average Bonchev–Trinajstić information content (AvgIpc) is 2.29. The van der Waals surface area contributed by atoms with E-state index in [4.69, 9.17) is 11.3 Å². The van der Waals surface area contributed by atoms with E-state index < -0.39 is 0 Å². The fourth-order valence-electron chi connectivity index (χ4n) is 1.72. The van der Waals surface area contributed by atoms with Crippen molar-refractivity contribution in [3.05, 3.63) is 65.4 Å². The molecule has 2 N–H and O–H groups in total. The summed E-state index contributed by atoms with van der Waals surface area (Å²) < 4.78 is 0. The number of hydrogen-bond acceptors (Lipinski definition) is 1. The van der Waals surface area contributed by atoms with Crippen LogP contribution in [0.5, 0.6) is 0 Å². The van der Waals surface area contributed by atoms with Gasteiger partial charge >= 0.3 is 5.71 Å². The van der Waals surface area contributed by atoms with Crippen molar-refractivity contribution in [2.24, 2.45) is 5.73 Å². The van der Waals surface area contributed by atoms with Crippen LogP contribution in [-0.4, -0.2) is 10.5 Å². The van der Waals surface area contributed by atoms with Crippen LogP contribution in [0.3, 0.4) is 0 Å². The van der Waals surface area contributed by atoms with Crippen molar-refractivity contribution < 1.29 is 4.79 Å². The van der Waals surface area contributed by atoms with Gasteiger partial charge < -0.3 is 11.3 Å². The summed E-state index contributed by atoms with van der Waals surface area (Å²) in [5.74, 6) is -0.138. The van der Waals surface area contributed by atoms with Crippen molar-refractivity contribution in [2.45, 2.75) is 5.92 Å². The Hall–Kier alpha value is -2.12. The summed E-state index contributed by atoms with van der Waals surface area (Å²) >= 11 is 0. The molecule has 1 aromatic rings. The van der Waals surface area contributed by atoms with Crippen molar-refractivity contribution in [3.63, 3.8) is 0 Å². The second-order valence-corrected chi connectivity index (χ2v) is 3.39. The fraction of sp³-hybridized carbons (Fsp3) is 0.0833. The van der Waals surface area contributed by atoms with Gasteiger partial charge in [0.25, 0.3) is 0 Å². The summed E-state index contributed by atoms with van der Waals surface area (Å²) in [5.41, 5.74) is 17.1. The van der Waals surface area contributed by atoms with Gasteiger partial charge in [-0.05, 0) is 11.6 Å². The van der Waals surface area contributed by atoms with Crippen LogP contribution in [0, 0.1) is 0 Å². The summed E-state index contributed by atoms with van der Waals surface area (Å²) in [4.78, 5) is 3.26. The second-order valence-electron chi connectivity index (χ2n) is 3.39. The van der Waals surface area contributed by atoms with E-state index in [1.165, 1.54) is 0 Å². The molecule has 0 aliphatic heterocycles. The number of nitrogens with zero attached hydrogens (tertiary/aromatic N) is 2. The predicted octanol–water partition coefficient (Wildman–Crippen LogP) is 1.85. The van der Waals surface area contributed by atoms with Crippen LogP contribution in [-0.2, 0) is 0 Å². The molecule has 2 rings (SSSR count). The quantitative estimate of drug-likeness (QED) is 0.542. The molecule has 0 heterocycles. The number of rotatable bonds is 1. The van der Waals surface area contributed by atoms with Crippen LogP contribution in [0.15, 0.2) is 54.3 Å². The Morgan fingerprint density at radius 3 is 2.60 bits per heavy atom. The van der Waals surface area contributed by atoms with Crippen LogP contribution in [0.2, 0.25) is 0 Å². The summed E-state index contributed by atoms with van der Waals surface area (Å²) in [7, 11) is 0. The molecule has 74 valence electrons. The molecule has 15 heavy (non-hydrogen) atoms. The lowest BCUT2D eigenvalue weighted by molar-refractivity contribution is -0.00715. The lowest BCUT2D eigenvalue weighted by Crippen LogP contribution is -2.21. The van der Waals surface area contributed by atoms with Gasteiger partial charge in [0.15, 0.2) is 0 Å². The van der Waals surface area contributed by atoms with Crippen molar-refractivity contribution in [3.8, 4) is 0 Å². The van der Waals surface area contributed by atoms with Gasteiger partial charge in [0.2, 0.25) is 0 Å².